The Bertz CT molecular complexity index is 228. The SMILES string of the molecule is CC(=O)OC(C)=C1CCCCC1C. The van der Waals surface area contributed by atoms with E-state index < -0.39 is 0 Å². The highest BCUT2D eigenvalue weighted by Gasteiger charge is 2.17. The minimum Gasteiger partial charge on any atom is -0.432 e. The fourth-order valence-corrected chi connectivity index (χ4v) is 1.99. The molecule has 0 N–H and O–H groups in total. The van der Waals surface area contributed by atoms with Crippen LogP contribution in [0.25, 0.3) is 0 Å². The summed E-state index contributed by atoms with van der Waals surface area (Å²) in [5, 5.41) is 0. The largest absolute Gasteiger partial charge is 0.432 e. The third kappa shape index (κ3) is 2.87. The molecule has 0 bridgehead atoms. The summed E-state index contributed by atoms with van der Waals surface area (Å²) >= 11 is 0. The fraction of sp³-hybridized carbons (Fsp3) is 0.727. The molecule has 1 fully saturated rings. The normalized spacial score (nSPS) is 26.8. The highest BCUT2D eigenvalue weighted by atomic mass is 16.5. The monoisotopic (exact) mass is 182 g/mol. The predicted octanol–water partition coefficient (Wildman–Crippen LogP) is 3.03. The molecular formula is C11H18O2. The number of carbonyl (C=O) groups excluding carboxylic acids is 1. The third-order valence-electron chi connectivity index (χ3n) is 2.68. The average molecular weight is 182 g/mol. The lowest BCUT2D eigenvalue weighted by atomic mass is 9.85. The minimum absolute atomic E-state index is 0.206. The van der Waals surface area contributed by atoms with E-state index in [1.807, 2.05) is 6.92 Å². The molecule has 2 heteroatoms. The van der Waals surface area contributed by atoms with E-state index in [9.17, 15) is 4.79 Å². The first-order chi connectivity index (χ1) is 6.11. The van der Waals surface area contributed by atoms with Crippen LogP contribution in [0.2, 0.25) is 0 Å². The van der Waals surface area contributed by atoms with Crippen LogP contribution in [0, 0.1) is 5.92 Å². The van der Waals surface area contributed by atoms with Gasteiger partial charge in [-0.2, -0.15) is 0 Å². The van der Waals surface area contributed by atoms with Crippen molar-refractivity contribution in [3.63, 3.8) is 0 Å². The number of carbonyl (C=O) groups is 1. The van der Waals surface area contributed by atoms with Crippen LogP contribution in [0.15, 0.2) is 11.3 Å². The molecule has 1 unspecified atom stereocenters. The highest BCUT2D eigenvalue weighted by Crippen LogP contribution is 2.31. The van der Waals surface area contributed by atoms with Crippen molar-refractivity contribution in [1.82, 2.24) is 0 Å². The summed E-state index contributed by atoms with van der Waals surface area (Å²) in [4.78, 5) is 10.7. The number of rotatable bonds is 1. The van der Waals surface area contributed by atoms with E-state index in [1.54, 1.807) is 0 Å². The zero-order valence-corrected chi connectivity index (χ0v) is 8.72. The summed E-state index contributed by atoms with van der Waals surface area (Å²) < 4.78 is 5.10. The Labute approximate surface area is 80.0 Å². The van der Waals surface area contributed by atoms with E-state index in [-0.39, 0.29) is 5.97 Å². The van der Waals surface area contributed by atoms with Gasteiger partial charge in [-0.05, 0) is 37.7 Å². The van der Waals surface area contributed by atoms with Crippen LogP contribution in [0.5, 0.6) is 0 Å². The van der Waals surface area contributed by atoms with E-state index in [0.29, 0.717) is 5.92 Å². The Morgan fingerprint density at radius 2 is 2.08 bits per heavy atom. The molecule has 1 aliphatic rings. The van der Waals surface area contributed by atoms with E-state index >= 15 is 0 Å². The van der Waals surface area contributed by atoms with Crippen molar-refractivity contribution < 1.29 is 9.53 Å². The molecule has 2 nitrogen and oxygen atoms in total. The second-order valence-corrected chi connectivity index (χ2v) is 3.82. The Kier molecular flexibility index (Phi) is 3.52. The number of hydrogen-bond acceptors (Lipinski definition) is 2. The van der Waals surface area contributed by atoms with Gasteiger partial charge in [0.05, 0.1) is 0 Å². The van der Waals surface area contributed by atoms with Gasteiger partial charge in [-0.1, -0.05) is 13.3 Å². The predicted molar refractivity (Wildman–Crippen MR) is 52.1 cm³/mol. The lowest BCUT2D eigenvalue weighted by Gasteiger charge is -2.23. The molecule has 13 heavy (non-hydrogen) atoms. The Morgan fingerprint density at radius 1 is 1.38 bits per heavy atom. The molecule has 0 aromatic heterocycles. The van der Waals surface area contributed by atoms with Crippen LogP contribution in [0.4, 0.5) is 0 Å². The number of hydrogen-bond donors (Lipinski definition) is 0. The lowest BCUT2D eigenvalue weighted by molar-refractivity contribution is -0.136. The quantitative estimate of drug-likeness (QED) is 0.460. The Morgan fingerprint density at radius 3 is 2.62 bits per heavy atom. The molecule has 0 aliphatic heterocycles. The lowest BCUT2D eigenvalue weighted by Crippen LogP contribution is -2.10. The topological polar surface area (TPSA) is 26.3 Å². The zero-order chi connectivity index (χ0) is 9.84. The van der Waals surface area contributed by atoms with Crippen LogP contribution in [0.3, 0.4) is 0 Å². The number of esters is 1. The van der Waals surface area contributed by atoms with Crippen LogP contribution in [0.1, 0.15) is 46.5 Å². The van der Waals surface area contributed by atoms with Crippen molar-refractivity contribution in [3.8, 4) is 0 Å². The molecular weight excluding hydrogens is 164 g/mol. The van der Waals surface area contributed by atoms with Gasteiger partial charge in [-0.3, -0.25) is 4.79 Å². The summed E-state index contributed by atoms with van der Waals surface area (Å²) in [6.45, 7) is 5.57. The summed E-state index contributed by atoms with van der Waals surface area (Å²) in [6, 6.07) is 0. The molecule has 0 spiro atoms. The van der Waals surface area contributed by atoms with Crippen LogP contribution in [-0.4, -0.2) is 5.97 Å². The number of ether oxygens (including phenoxy) is 1. The highest BCUT2D eigenvalue weighted by molar-refractivity contribution is 5.67. The van der Waals surface area contributed by atoms with Gasteiger partial charge in [-0.25, -0.2) is 0 Å². The number of allylic oxidation sites excluding steroid dienone is 2. The molecule has 1 rings (SSSR count). The van der Waals surface area contributed by atoms with Gasteiger partial charge in [0.15, 0.2) is 0 Å². The van der Waals surface area contributed by atoms with Gasteiger partial charge < -0.3 is 4.74 Å². The smallest absolute Gasteiger partial charge is 0.307 e. The maximum Gasteiger partial charge on any atom is 0.307 e. The maximum atomic E-state index is 10.7. The second kappa shape index (κ2) is 4.45. The van der Waals surface area contributed by atoms with Crippen molar-refractivity contribution in [2.45, 2.75) is 46.5 Å². The molecule has 0 saturated heterocycles. The van der Waals surface area contributed by atoms with Gasteiger partial charge in [0.1, 0.15) is 5.76 Å². The fourth-order valence-electron chi connectivity index (χ4n) is 1.99. The molecule has 1 saturated carbocycles. The first-order valence-electron chi connectivity index (χ1n) is 4.99. The van der Waals surface area contributed by atoms with Crippen LogP contribution < -0.4 is 0 Å². The Balaban J connectivity index is 2.69. The van der Waals surface area contributed by atoms with Crippen molar-refractivity contribution in [2.75, 3.05) is 0 Å². The van der Waals surface area contributed by atoms with Gasteiger partial charge in [0.2, 0.25) is 0 Å². The summed E-state index contributed by atoms with van der Waals surface area (Å²) in [7, 11) is 0. The van der Waals surface area contributed by atoms with E-state index in [4.69, 9.17) is 4.74 Å². The molecule has 0 aromatic carbocycles. The van der Waals surface area contributed by atoms with Crippen molar-refractivity contribution in [2.24, 2.45) is 5.92 Å². The van der Waals surface area contributed by atoms with Gasteiger partial charge in [0.25, 0.3) is 0 Å². The molecule has 0 radical (unpaired) electrons. The molecule has 0 heterocycles. The molecule has 1 atom stereocenters. The average Bonchev–Trinajstić information content (AvgIpc) is 2.03. The van der Waals surface area contributed by atoms with Crippen molar-refractivity contribution in [1.29, 1.82) is 0 Å². The zero-order valence-electron chi connectivity index (χ0n) is 8.72. The van der Waals surface area contributed by atoms with Crippen molar-refractivity contribution in [3.05, 3.63) is 11.3 Å². The molecule has 1 aliphatic carbocycles. The summed E-state index contributed by atoms with van der Waals surface area (Å²) in [5.41, 5.74) is 1.33. The summed E-state index contributed by atoms with van der Waals surface area (Å²) in [5.74, 6) is 1.22. The first-order valence-corrected chi connectivity index (χ1v) is 4.99. The molecule has 0 amide bonds. The molecule has 74 valence electrons. The van der Waals surface area contributed by atoms with Gasteiger partial charge in [-0.15, -0.1) is 0 Å². The first kappa shape index (κ1) is 10.3. The van der Waals surface area contributed by atoms with Gasteiger partial charge >= 0.3 is 5.97 Å². The second-order valence-electron chi connectivity index (χ2n) is 3.82. The molecule has 0 aromatic rings. The standard InChI is InChI=1S/C11H18O2/c1-8-6-4-5-7-11(8)9(2)13-10(3)12/h8H,4-7H2,1-3H3. The maximum absolute atomic E-state index is 10.7. The summed E-state index contributed by atoms with van der Waals surface area (Å²) in [6.07, 6.45) is 4.87. The van der Waals surface area contributed by atoms with Gasteiger partial charge in [0, 0.05) is 6.92 Å². The van der Waals surface area contributed by atoms with E-state index in [2.05, 4.69) is 6.92 Å². The minimum atomic E-state index is -0.206. The van der Waals surface area contributed by atoms with Crippen LogP contribution in [-0.2, 0) is 9.53 Å². The third-order valence-corrected chi connectivity index (χ3v) is 2.68. The van der Waals surface area contributed by atoms with Crippen LogP contribution >= 0.6 is 0 Å². The van der Waals surface area contributed by atoms with E-state index in [1.165, 1.54) is 31.8 Å². The Hall–Kier alpha value is -0.790. The van der Waals surface area contributed by atoms with Crippen molar-refractivity contribution >= 4 is 5.97 Å². The van der Waals surface area contributed by atoms with E-state index in [0.717, 1.165) is 12.2 Å².